The van der Waals surface area contributed by atoms with E-state index in [-0.39, 0.29) is 6.04 Å². The van der Waals surface area contributed by atoms with Gasteiger partial charge in [-0.1, -0.05) is 6.92 Å². The summed E-state index contributed by atoms with van der Waals surface area (Å²) in [7, 11) is -3.28. The highest BCUT2D eigenvalue weighted by Crippen LogP contribution is 2.13. The van der Waals surface area contributed by atoms with Crippen LogP contribution in [0.25, 0.3) is 0 Å². The number of sulfonamides is 1. The van der Waals surface area contributed by atoms with E-state index in [1.165, 1.54) is 0 Å². The van der Waals surface area contributed by atoms with Crippen molar-refractivity contribution in [3.05, 3.63) is 11.6 Å². The number of aliphatic imine (C=N–C) groups is 1. The molecule has 0 fully saturated rings. The molecule has 0 aromatic carbocycles. The third-order valence-electron chi connectivity index (χ3n) is 4.00. The Morgan fingerprint density at radius 2 is 2.12 bits per heavy atom. The predicted molar refractivity (Wildman–Crippen MR) is 103 cm³/mol. The predicted octanol–water partition coefficient (Wildman–Crippen LogP) is 0.0382. The molecule has 0 radical (unpaired) electrons. The van der Waals surface area contributed by atoms with Crippen molar-refractivity contribution in [1.82, 2.24) is 30.1 Å². The molecule has 148 valence electrons. The number of guanidine groups is 1. The minimum absolute atomic E-state index is 0.206. The Morgan fingerprint density at radius 1 is 1.38 bits per heavy atom. The summed E-state index contributed by atoms with van der Waals surface area (Å²) in [6.07, 6.45) is 3.83. The quantitative estimate of drug-likeness (QED) is 0.451. The molecular formula is C16H31N7O2S. The van der Waals surface area contributed by atoms with Gasteiger partial charge in [0.1, 0.15) is 5.82 Å². The van der Waals surface area contributed by atoms with Crippen LogP contribution in [0.15, 0.2) is 4.99 Å². The smallest absolute Gasteiger partial charge is 0.209 e. The lowest BCUT2D eigenvalue weighted by Crippen LogP contribution is -2.49. The van der Waals surface area contributed by atoms with Gasteiger partial charge in [-0.15, -0.1) is 0 Å². The van der Waals surface area contributed by atoms with Gasteiger partial charge >= 0.3 is 0 Å². The molecule has 3 N–H and O–H groups in total. The van der Waals surface area contributed by atoms with E-state index in [2.05, 4.69) is 37.4 Å². The average molecular weight is 386 g/mol. The van der Waals surface area contributed by atoms with E-state index < -0.39 is 15.6 Å². The Bertz CT molecular complexity index is 740. The van der Waals surface area contributed by atoms with E-state index in [0.29, 0.717) is 12.5 Å². The third-order valence-corrected chi connectivity index (χ3v) is 4.92. The van der Waals surface area contributed by atoms with Crippen molar-refractivity contribution in [2.75, 3.05) is 19.3 Å². The molecule has 10 heteroatoms. The molecule has 2 rings (SSSR count). The van der Waals surface area contributed by atoms with Gasteiger partial charge < -0.3 is 10.6 Å². The first-order valence-electron chi connectivity index (χ1n) is 9.08. The van der Waals surface area contributed by atoms with E-state index in [9.17, 15) is 8.42 Å². The second kappa shape index (κ2) is 8.34. The summed E-state index contributed by atoms with van der Waals surface area (Å²) in [6.45, 7) is 9.49. The molecule has 1 aromatic heterocycles. The van der Waals surface area contributed by atoms with Crippen molar-refractivity contribution < 1.29 is 8.42 Å². The van der Waals surface area contributed by atoms with Crippen LogP contribution in [0.5, 0.6) is 0 Å². The van der Waals surface area contributed by atoms with Crippen molar-refractivity contribution in [3.63, 3.8) is 0 Å². The Balaban J connectivity index is 2.01. The van der Waals surface area contributed by atoms with Crippen molar-refractivity contribution in [1.29, 1.82) is 0 Å². The van der Waals surface area contributed by atoms with Crippen LogP contribution in [0.2, 0.25) is 0 Å². The fourth-order valence-corrected chi connectivity index (χ4v) is 4.02. The monoisotopic (exact) mass is 385 g/mol. The van der Waals surface area contributed by atoms with Crippen molar-refractivity contribution in [2.45, 2.75) is 65.1 Å². The summed E-state index contributed by atoms with van der Waals surface area (Å²) >= 11 is 0. The highest BCUT2D eigenvalue weighted by molar-refractivity contribution is 7.88. The van der Waals surface area contributed by atoms with Crippen LogP contribution in [-0.2, 0) is 29.4 Å². The van der Waals surface area contributed by atoms with E-state index in [1.807, 2.05) is 25.5 Å². The van der Waals surface area contributed by atoms with Crippen LogP contribution in [0, 0.1) is 0 Å². The summed E-state index contributed by atoms with van der Waals surface area (Å²) in [5.41, 5.74) is -0.655. The van der Waals surface area contributed by atoms with E-state index in [0.717, 1.165) is 50.3 Å². The summed E-state index contributed by atoms with van der Waals surface area (Å²) in [5.74, 6) is 2.61. The van der Waals surface area contributed by atoms with Crippen LogP contribution in [0.1, 0.15) is 45.8 Å². The second-order valence-corrected chi connectivity index (χ2v) is 9.06. The molecular weight excluding hydrogens is 354 g/mol. The lowest BCUT2D eigenvalue weighted by atomic mass is 10.1. The summed E-state index contributed by atoms with van der Waals surface area (Å²) in [6, 6.07) is 0.206. The van der Waals surface area contributed by atoms with Crippen LogP contribution >= 0.6 is 0 Å². The van der Waals surface area contributed by atoms with Gasteiger partial charge in [-0.05, 0) is 27.2 Å². The Morgan fingerprint density at radius 3 is 2.73 bits per heavy atom. The zero-order valence-corrected chi connectivity index (χ0v) is 17.2. The molecule has 1 aromatic rings. The Labute approximate surface area is 156 Å². The molecule has 0 aliphatic carbocycles. The fourth-order valence-electron chi connectivity index (χ4n) is 2.95. The molecule has 0 spiro atoms. The van der Waals surface area contributed by atoms with Gasteiger partial charge in [0.2, 0.25) is 10.0 Å². The second-order valence-electron chi connectivity index (χ2n) is 7.31. The van der Waals surface area contributed by atoms with E-state index >= 15 is 0 Å². The Hall–Kier alpha value is -1.68. The van der Waals surface area contributed by atoms with Gasteiger partial charge in [-0.3, -0.25) is 4.99 Å². The number of nitrogens with one attached hydrogen (secondary N) is 3. The molecule has 1 aliphatic heterocycles. The van der Waals surface area contributed by atoms with Crippen molar-refractivity contribution in [2.24, 2.45) is 4.99 Å². The van der Waals surface area contributed by atoms with Crippen LogP contribution in [0.4, 0.5) is 0 Å². The topological polar surface area (TPSA) is 113 Å². The number of hydrogen-bond donors (Lipinski definition) is 3. The maximum Gasteiger partial charge on any atom is 0.209 e. The summed E-state index contributed by atoms with van der Waals surface area (Å²) < 4.78 is 27.5. The van der Waals surface area contributed by atoms with Crippen LogP contribution < -0.4 is 15.4 Å². The fraction of sp³-hybridized carbons (Fsp3) is 0.812. The molecule has 1 atom stereocenters. The first-order chi connectivity index (χ1) is 12.1. The van der Waals surface area contributed by atoms with Gasteiger partial charge in [0.25, 0.3) is 0 Å². The maximum atomic E-state index is 11.5. The molecule has 0 saturated carbocycles. The molecule has 0 bridgehead atoms. The largest absolute Gasteiger partial charge is 0.357 e. The number of rotatable bonds is 7. The number of nitrogens with zero attached hydrogens (tertiary/aromatic N) is 4. The van der Waals surface area contributed by atoms with Crippen molar-refractivity contribution in [3.8, 4) is 0 Å². The van der Waals surface area contributed by atoms with Crippen LogP contribution in [-0.4, -0.2) is 60.1 Å². The minimum atomic E-state index is -3.28. The number of hydrogen-bond acceptors (Lipinski definition) is 5. The molecule has 0 amide bonds. The molecule has 9 nitrogen and oxygen atoms in total. The molecule has 2 heterocycles. The number of fused-ring (bicyclic) bond motifs is 1. The molecule has 1 unspecified atom stereocenters. The summed E-state index contributed by atoms with van der Waals surface area (Å²) in [5, 5.41) is 11.2. The first kappa shape index (κ1) is 20.6. The number of aryl methyl sites for hydroxylation is 2. The highest BCUT2D eigenvalue weighted by Gasteiger charge is 2.24. The van der Waals surface area contributed by atoms with Gasteiger partial charge in [0.05, 0.1) is 19.3 Å². The molecule has 0 saturated heterocycles. The minimum Gasteiger partial charge on any atom is -0.357 e. The van der Waals surface area contributed by atoms with E-state index in [4.69, 9.17) is 0 Å². The van der Waals surface area contributed by atoms with Gasteiger partial charge in [-0.2, -0.15) is 5.10 Å². The first-order valence-corrected chi connectivity index (χ1v) is 11.0. The van der Waals surface area contributed by atoms with Gasteiger partial charge in [-0.25, -0.2) is 22.8 Å². The van der Waals surface area contributed by atoms with Crippen molar-refractivity contribution >= 4 is 16.0 Å². The zero-order chi connectivity index (χ0) is 19.4. The van der Waals surface area contributed by atoms with E-state index in [1.54, 1.807) is 0 Å². The standard InChI is InChI=1S/C16H31N7O2S/c1-6-13-20-14-9-8-12(10-23(14)21-13)19-15(17-7-2)18-11-16(3,4)22-26(5,24)25/h12,22H,6-11H2,1-5H3,(H2,17,18,19). The lowest BCUT2D eigenvalue weighted by molar-refractivity contribution is 0.391. The highest BCUT2D eigenvalue weighted by atomic mass is 32.2. The molecule has 26 heavy (non-hydrogen) atoms. The van der Waals surface area contributed by atoms with Gasteiger partial charge in [0.15, 0.2) is 11.8 Å². The molecule has 1 aliphatic rings. The van der Waals surface area contributed by atoms with Crippen LogP contribution in [0.3, 0.4) is 0 Å². The van der Waals surface area contributed by atoms with Gasteiger partial charge in [0, 0.05) is 31.0 Å². The summed E-state index contributed by atoms with van der Waals surface area (Å²) in [4.78, 5) is 9.10. The third kappa shape index (κ3) is 6.24. The number of aromatic nitrogens is 3. The Kier molecular flexibility index (Phi) is 6.62. The SMILES string of the molecule is CCNC(=NCC(C)(C)NS(C)(=O)=O)NC1CCc2nc(CC)nn2C1. The average Bonchev–Trinajstić information content (AvgIpc) is 2.93. The maximum absolute atomic E-state index is 11.5. The lowest BCUT2D eigenvalue weighted by Gasteiger charge is -2.27. The normalized spacial score (nSPS) is 18.5. The zero-order valence-electron chi connectivity index (χ0n) is 16.3.